The fraction of sp³-hybridized carbons (Fsp3) is 0.200. The van der Waals surface area contributed by atoms with Gasteiger partial charge in [-0.25, -0.2) is 8.78 Å². The predicted octanol–water partition coefficient (Wildman–Crippen LogP) is 3.49. The number of nitrogens with zero attached hydrogens (tertiary/aromatic N) is 1. The lowest BCUT2D eigenvalue weighted by Crippen LogP contribution is -2.18. The minimum Gasteiger partial charge on any atom is -0.397 e. The van der Waals surface area contributed by atoms with Gasteiger partial charge in [-0.2, -0.15) is 0 Å². The van der Waals surface area contributed by atoms with E-state index in [9.17, 15) is 8.78 Å². The first kappa shape index (κ1) is 13.3. The molecule has 0 bridgehead atoms. The van der Waals surface area contributed by atoms with Gasteiger partial charge in [0.05, 0.1) is 11.4 Å². The highest BCUT2D eigenvalue weighted by atomic mass is 19.2. The lowest BCUT2D eigenvalue weighted by Gasteiger charge is -2.21. The van der Waals surface area contributed by atoms with Crippen LogP contribution in [0, 0.1) is 18.6 Å². The molecule has 0 unspecified atom stereocenters. The summed E-state index contributed by atoms with van der Waals surface area (Å²) in [5, 5.41) is 0. The molecule has 0 aliphatic rings. The Hall–Kier alpha value is -2.10. The maximum Gasteiger partial charge on any atom is 0.159 e. The summed E-state index contributed by atoms with van der Waals surface area (Å²) >= 11 is 0. The number of halogens is 2. The molecule has 2 rings (SSSR count). The molecule has 0 spiro atoms. The first-order valence-corrected chi connectivity index (χ1v) is 5.98. The van der Waals surface area contributed by atoms with E-state index in [1.165, 1.54) is 6.07 Å². The zero-order chi connectivity index (χ0) is 14.0. The van der Waals surface area contributed by atoms with Crippen LogP contribution in [0.4, 0.5) is 20.2 Å². The summed E-state index contributed by atoms with van der Waals surface area (Å²) in [7, 11) is 1.87. The second-order valence-corrected chi connectivity index (χ2v) is 4.67. The Bertz CT molecular complexity index is 597. The zero-order valence-electron chi connectivity index (χ0n) is 11.0. The number of hydrogen-bond donors (Lipinski definition) is 1. The topological polar surface area (TPSA) is 29.3 Å². The Balaban J connectivity index is 2.22. The average Bonchev–Trinajstić information content (AvgIpc) is 2.36. The maximum atomic E-state index is 13.2. The van der Waals surface area contributed by atoms with Crippen LogP contribution in [0.2, 0.25) is 0 Å². The van der Waals surface area contributed by atoms with Crippen LogP contribution < -0.4 is 10.6 Å². The van der Waals surface area contributed by atoms with Gasteiger partial charge in [0.25, 0.3) is 0 Å². The SMILES string of the molecule is Cc1ccc(N)c(N(C)Cc2ccc(F)c(F)c2)c1. The molecular formula is C15H16F2N2. The van der Waals surface area contributed by atoms with E-state index < -0.39 is 11.6 Å². The molecule has 2 nitrogen and oxygen atoms in total. The van der Waals surface area contributed by atoms with E-state index in [2.05, 4.69) is 0 Å². The van der Waals surface area contributed by atoms with Gasteiger partial charge in [0.1, 0.15) is 0 Å². The molecule has 19 heavy (non-hydrogen) atoms. The maximum absolute atomic E-state index is 13.2. The summed E-state index contributed by atoms with van der Waals surface area (Å²) in [5.41, 5.74) is 9.26. The van der Waals surface area contributed by atoms with Crippen molar-refractivity contribution >= 4 is 11.4 Å². The fourth-order valence-corrected chi connectivity index (χ4v) is 1.98. The van der Waals surface area contributed by atoms with Gasteiger partial charge in [0, 0.05) is 13.6 Å². The number of benzene rings is 2. The van der Waals surface area contributed by atoms with E-state index in [0.717, 1.165) is 17.3 Å². The largest absolute Gasteiger partial charge is 0.397 e. The molecule has 0 radical (unpaired) electrons. The van der Waals surface area contributed by atoms with Crippen LogP contribution in [0.1, 0.15) is 11.1 Å². The monoisotopic (exact) mass is 262 g/mol. The molecule has 0 fully saturated rings. The third-order valence-electron chi connectivity index (χ3n) is 3.00. The normalized spacial score (nSPS) is 10.5. The van der Waals surface area contributed by atoms with E-state index in [1.807, 2.05) is 37.1 Å². The van der Waals surface area contributed by atoms with Gasteiger partial charge in [-0.15, -0.1) is 0 Å². The Morgan fingerprint density at radius 3 is 2.47 bits per heavy atom. The molecule has 0 saturated heterocycles. The second-order valence-electron chi connectivity index (χ2n) is 4.67. The van der Waals surface area contributed by atoms with E-state index in [-0.39, 0.29) is 0 Å². The molecule has 0 amide bonds. The molecule has 0 aromatic heterocycles. The van der Waals surface area contributed by atoms with Crippen LogP contribution in [-0.4, -0.2) is 7.05 Å². The van der Waals surface area contributed by atoms with Crippen LogP contribution >= 0.6 is 0 Å². The Labute approximate surface area is 111 Å². The third kappa shape index (κ3) is 3.02. The van der Waals surface area contributed by atoms with Crippen molar-refractivity contribution < 1.29 is 8.78 Å². The first-order valence-electron chi connectivity index (χ1n) is 5.98. The lowest BCUT2D eigenvalue weighted by atomic mass is 10.1. The molecule has 0 aliphatic carbocycles. The van der Waals surface area contributed by atoms with Crippen LogP contribution in [0.15, 0.2) is 36.4 Å². The van der Waals surface area contributed by atoms with E-state index in [4.69, 9.17) is 5.73 Å². The summed E-state index contributed by atoms with van der Waals surface area (Å²) in [6.07, 6.45) is 0. The summed E-state index contributed by atoms with van der Waals surface area (Å²) < 4.78 is 26.0. The van der Waals surface area contributed by atoms with Crippen molar-refractivity contribution in [2.45, 2.75) is 13.5 Å². The van der Waals surface area contributed by atoms with Crippen LogP contribution in [0.5, 0.6) is 0 Å². The van der Waals surface area contributed by atoms with Crippen LogP contribution in [-0.2, 0) is 6.54 Å². The number of anilines is 2. The first-order chi connectivity index (χ1) is 8.97. The van der Waals surface area contributed by atoms with Crippen molar-refractivity contribution in [2.24, 2.45) is 0 Å². The van der Waals surface area contributed by atoms with Gasteiger partial charge < -0.3 is 10.6 Å². The number of hydrogen-bond acceptors (Lipinski definition) is 2. The minimum atomic E-state index is -0.832. The smallest absolute Gasteiger partial charge is 0.159 e. The van der Waals surface area contributed by atoms with Crippen LogP contribution in [0.3, 0.4) is 0 Å². The standard InChI is InChI=1S/C15H16F2N2/c1-10-3-6-14(18)15(7-10)19(2)9-11-4-5-12(16)13(17)8-11/h3-8H,9,18H2,1-2H3. The Morgan fingerprint density at radius 1 is 1.05 bits per heavy atom. The van der Waals surface area contributed by atoms with E-state index in [0.29, 0.717) is 17.8 Å². The molecule has 0 heterocycles. The number of aryl methyl sites for hydroxylation is 1. The second kappa shape index (κ2) is 5.26. The third-order valence-corrected chi connectivity index (χ3v) is 3.00. The van der Waals surface area contributed by atoms with Crippen molar-refractivity contribution in [1.82, 2.24) is 0 Å². The minimum absolute atomic E-state index is 0.463. The predicted molar refractivity (Wildman–Crippen MR) is 74.1 cm³/mol. The highest BCUT2D eigenvalue weighted by Gasteiger charge is 2.08. The fourth-order valence-electron chi connectivity index (χ4n) is 1.98. The van der Waals surface area contributed by atoms with E-state index in [1.54, 1.807) is 6.07 Å². The molecule has 0 atom stereocenters. The molecule has 2 N–H and O–H groups in total. The van der Waals surface area contributed by atoms with Crippen molar-refractivity contribution in [3.63, 3.8) is 0 Å². The number of nitrogens with two attached hydrogens (primary N) is 1. The average molecular weight is 262 g/mol. The summed E-state index contributed by atoms with van der Waals surface area (Å²) in [4.78, 5) is 1.91. The Morgan fingerprint density at radius 2 is 1.79 bits per heavy atom. The van der Waals surface area contributed by atoms with Gasteiger partial charge in [0.15, 0.2) is 11.6 Å². The number of nitrogen functional groups attached to an aromatic ring is 1. The molecular weight excluding hydrogens is 246 g/mol. The molecule has 100 valence electrons. The molecule has 0 aliphatic heterocycles. The van der Waals surface area contributed by atoms with E-state index >= 15 is 0 Å². The molecule has 0 saturated carbocycles. The van der Waals surface area contributed by atoms with Crippen molar-refractivity contribution in [3.8, 4) is 0 Å². The van der Waals surface area contributed by atoms with Gasteiger partial charge in [-0.05, 0) is 42.3 Å². The summed E-state index contributed by atoms with van der Waals surface area (Å²) in [6, 6.07) is 9.66. The van der Waals surface area contributed by atoms with Crippen LogP contribution in [0.25, 0.3) is 0 Å². The van der Waals surface area contributed by atoms with Crippen molar-refractivity contribution in [2.75, 3.05) is 17.7 Å². The Kier molecular flexibility index (Phi) is 3.69. The summed E-state index contributed by atoms with van der Waals surface area (Å²) in [5.74, 6) is -1.66. The van der Waals surface area contributed by atoms with Gasteiger partial charge in [0.2, 0.25) is 0 Å². The highest BCUT2D eigenvalue weighted by molar-refractivity contribution is 5.68. The quantitative estimate of drug-likeness (QED) is 0.858. The van der Waals surface area contributed by atoms with Gasteiger partial charge in [-0.1, -0.05) is 12.1 Å². The van der Waals surface area contributed by atoms with Crippen molar-refractivity contribution in [1.29, 1.82) is 0 Å². The molecule has 2 aromatic carbocycles. The van der Waals surface area contributed by atoms with Gasteiger partial charge >= 0.3 is 0 Å². The van der Waals surface area contributed by atoms with Gasteiger partial charge in [-0.3, -0.25) is 0 Å². The summed E-state index contributed by atoms with van der Waals surface area (Å²) in [6.45, 7) is 2.44. The van der Waals surface area contributed by atoms with Crippen molar-refractivity contribution in [3.05, 3.63) is 59.2 Å². The lowest BCUT2D eigenvalue weighted by molar-refractivity contribution is 0.507. The zero-order valence-corrected chi connectivity index (χ0v) is 11.0. The number of rotatable bonds is 3. The molecule has 2 aromatic rings. The molecule has 4 heteroatoms. The highest BCUT2D eigenvalue weighted by Crippen LogP contribution is 2.25.